The first-order valence-corrected chi connectivity index (χ1v) is 7.01. The molecule has 0 amide bonds. The number of pyridine rings is 1. The quantitative estimate of drug-likeness (QED) is 0.647. The van der Waals surface area contributed by atoms with Crippen LogP contribution in [-0.2, 0) is 4.74 Å². The van der Waals surface area contributed by atoms with E-state index >= 15 is 0 Å². The summed E-state index contributed by atoms with van der Waals surface area (Å²) < 4.78 is 6.87. The number of nitrogens with zero attached hydrogens (tertiary/aromatic N) is 2. The molecule has 0 aliphatic heterocycles. The SMILES string of the molecule is COC(=O)c1csc2c(C#N)c3cc(C)ccn3c2c1=O. The van der Waals surface area contributed by atoms with E-state index in [0.717, 1.165) is 5.56 Å². The Kier molecular flexibility index (Phi) is 3.00. The van der Waals surface area contributed by atoms with Crippen LogP contribution in [0.3, 0.4) is 0 Å². The molecule has 0 aliphatic carbocycles. The lowest BCUT2D eigenvalue weighted by Gasteiger charge is -2.00. The number of methoxy groups -OCH3 is 1. The van der Waals surface area contributed by atoms with Gasteiger partial charge in [-0.25, -0.2) is 4.79 Å². The van der Waals surface area contributed by atoms with Crippen molar-refractivity contribution < 1.29 is 9.53 Å². The van der Waals surface area contributed by atoms with Gasteiger partial charge in [0.25, 0.3) is 0 Å². The van der Waals surface area contributed by atoms with Gasteiger partial charge in [-0.05, 0) is 24.6 Å². The molecule has 0 atom stereocenters. The fourth-order valence-electron chi connectivity index (χ4n) is 2.32. The highest BCUT2D eigenvalue weighted by atomic mass is 32.1. The maximum Gasteiger partial charge on any atom is 0.342 e. The van der Waals surface area contributed by atoms with Gasteiger partial charge in [0.1, 0.15) is 17.1 Å². The summed E-state index contributed by atoms with van der Waals surface area (Å²) in [5.41, 5.74) is 2.02. The Hall–Kier alpha value is -2.65. The molecule has 0 bridgehead atoms. The molecule has 0 radical (unpaired) electrons. The molecule has 21 heavy (non-hydrogen) atoms. The van der Waals surface area contributed by atoms with Crippen molar-refractivity contribution in [3.05, 3.63) is 50.6 Å². The van der Waals surface area contributed by atoms with Gasteiger partial charge < -0.3 is 9.14 Å². The van der Waals surface area contributed by atoms with Gasteiger partial charge in [0, 0.05) is 11.6 Å². The molecule has 6 heteroatoms. The molecule has 0 spiro atoms. The third-order valence-electron chi connectivity index (χ3n) is 3.32. The zero-order valence-electron chi connectivity index (χ0n) is 11.3. The van der Waals surface area contributed by atoms with Gasteiger partial charge in [-0.1, -0.05) is 0 Å². The van der Waals surface area contributed by atoms with E-state index in [1.807, 2.05) is 19.1 Å². The number of ether oxygens (including phenoxy) is 1. The maximum absolute atomic E-state index is 12.5. The normalized spacial score (nSPS) is 10.7. The molecule has 0 aliphatic rings. The lowest BCUT2D eigenvalue weighted by atomic mass is 10.2. The first kappa shape index (κ1) is 13.3. The summed E-state index contributed by atoms with van der Waals surface area (Å²) in [4.78, 5) is 24.2. The Morgan fingerprint density at radius 1 is 1.48 bits per heavy atom. The van der Waals surface area contributed by atoms with Crippen molar-refractivity contribution in [2.45, 2.75) is 6.92 Å². The first-order valence-electron chi connectivity index (χ1n) is 6.13. The molecule has 3 heterocycles. The third-order valence-corrected chi connectivity index (χ3v) is 4.31. The molecule has 104 valence electrons. The number of aryl methyl sites for hydroxylation is 1. The molecule has 5 nitrogen and oxygen atoms in total. The fraction of sp³-hybridized carbons (Fsp3) is 0.133. The van der Waals surface area contributed by atoms with Crippen molar-refractivity contribution in [3.8, 4) is 6.07 Å². The Labute approximate surface area is 123 Å². The van der Waals surface area contributed by atoms with Crippen molar-refractivity contribution in [2.24, 2.45) is 0 Å². The topological polar surface area (TPSA) is 71.6 Å². The van der Waals surface area contributed by atoms with E-state index in [1.54, 1.807) is 10.6 Å². The van der Waals surface area contributed by atoms with Crippen LogP contribution >= 0.6 is 11.3 Å². The minimum atomic E-state index is -0.668. The minimum Gasteiger partial charge on any atom is -0.465 e. The second-order valence-electron chi connectivity index (χ2n) is 4.59. The number of fused-ring (bicyclic) bond motifs is 3. The van der Waals surface area contributed by atoms with Crippen LogP contribution < -0.4 is 5.43 Å². The lowest BCUT2D eigenvalue weighted by molar-refractivity contribution is 0.0600. The predicted octanol–water partition coefficient (Wildman–Crippen LogP) is 2.48. The van der Waals surface area contributed by atoms with Crippen molar-refractivity contribution in [3.63, 3.8) is 0 Å². The standard InChI is InChI=1S/C15H10N2O3S/c1-8-3-4-17-11(5-8)9(6-16)14-12(17)13(18)10(7-21-14)15(19)20-2/h3-5,7H,1-2H3. The number of aromatic nitrogens is 1. The number of carbonyl (C=O) groups excluding carboxylic acids is 1. The van der Waals surface area contributed by atoms with Crippen molar-refractivity contribution in [2.75, 3.05) is 7.11 Å². The number of hydrogen-bond acceptors (Lipinski definition) is 5. The van der Waals surface area contributed by atoms with Crippen molar-refractivity contribution >= 4 is 33.0 Å². The van der Waals surface area contributed by atoms with Crippen LogP contribution in [0, 0.1) is 18.3 Å². The summed E-state index contributed by atoms with van der Waals surface area (Å²) in [6, 6.07) is 5.84. The first-order chi connectivity index (χ1) is 10.1. The minimum absolute atomic E-state index is 0.0144. The van der Waals surface area contributed by atoms with Gasteiger partial charge >= 0.3 is 5.97 Å². The highest BCUT2D eigenvalue weighted by Crippen LogP contribution is 2.28. The summed E-state index contributed by atoms with van der Waals surface area (Å²) >= 11 is 1.20. The summed E-state index contributed by atoms with van der Waals surface area (Å²) in [7, 11) is 1.23. The van der Waals surface area contributed by atoms with E-state index in [9.17, 15) is 14.9 Å². The number of hydrogen-bond donors (Lipinski definition) is 0. The smallest absolute Gasteiger partial charge is 0.342 e. The molecule has 3 aromatic rings. The van der Waals surface area contributed by atoms with Gasteiger partial charge in [0.15, 0.2) is 0 Å². The van der Waals surface area contributed by atoms with Crippen molar-refractivity contribution in [1.29, 1.82) is 5.26 Å². The molecule has 0 unspecified atom stereocenters. The fourth-order valence-corrected chi connectivity index (χ4v) is 3.33. The van der Waals surface area contributed by atoms with Crippen LogP contribution in [0.1, 0.15) is 21.5 Å². The molecule has 0 aromatic carbocycles. The van der Waals surface area contributed by atoms with Crippen LogP contribution in [0.4, 0.5) is 0 Å². The highest BCUT2D eigenvalue weighted by molar-refractivity contribution is 7.17. The molecule has 0 N–H and O–H groups in total. The molecule has 3 rings (SSSR count). The van der Waals surface area contributed by atoms with Crippen LogP contribution in [0.25, 0.3) is 15.7 Å². The average molecular weight is 298 g/mol. The van der Waals surface area contributed by atoms with E-state index < -0.39 is 11.4 Å². The summed E-state index contributed by atoms with van der Waals surface area (Å²) in [6.07, 6.45) is 1.74. The van der Waals surface area contributed by atoms with Gasteiger partial charge in [-0.15, -0.1) is 11.3 Å². The summed E-state index contributed by atoms with van der Waals surface area (Å²) in [5, 5.41) is 10.8. The van der Waals surface area contributed by atoms with E-state index in [1.165, 1.54) is 23.8 Å². The van der Waals surface area contributed by atoms with Gasteiger partial charge in [-0.2, -0.15) is 5.26 Å². The number of nitriles is 1. The highest BCUT2D eigenvalue weighted by Gasteiger charge is 2.20. The van der Waals surface area contributed by atoms with Crippen LogP contribution in [0.5, 0.6) is 0 Å². The van der Waals surface area contributed by atoms with E-state index in [0.29, 0.717) is 21.3 Å². The molecule has 0 fully saturated rings. The van der Waals surface area contributed by atoms with Gasteiger partial charge in [0.2, 0.25) is 5.43 Å². The van der Waals surface area contributed by atoms with Gasteiger partial charge in [0.05, 0.1) is 22.9 Å². The van der Waals surface area contributed by atoms with E-state index in [-0.39, 0.29) is 5.56 Å². The second-order valence-corrected chi connectivity index (χ2v) is 5.47. The zero-order chi connectivity index (χ0) is 15.1. The predicted molar refractivity (Wildman–Crippen MR) is 79.8 cm³/mol. The molecule has 0 saturated heterocycles. The second kappa shape index (κ2) is 4.72. The lowest BCUT2D eigenvalue weighted by Crippen LogP contribution is -2.16. The average Bonchev–Trinajstić information content (AvgIpc) is 2.80. The third kappa shape index (κ3) is 1.82. The largest absolute Gasteiger partial charge is 0.465 e. The van der Waals surface area contributed by atoms with Crippen molar-refractivity contribution in [1.82, 2.24) is 4.40 Å². The van der Waals surface area contributed by atoms with Crippen LogP contribution in [0.2, 0.25) is 0 Å². The Morgan fingerprint density at radius 3 is 2.90 bits per heavy atom. The summed E-state index contributed by atoms with van der Waals surface area (Å²) in [6.45, 7) is 1.92. The summed E-state index contributed by atoms with van der Waals surface area (Å²) in [5.74, 6) is -0.668. The molecular formula is C15H10N2O3S. The molecule has 0 saturated carbocycles. The van der Waals surface area contributed by atoms with E-state index in [4.69, 9.17) is 0 Å². The Bertz CT molecular complexity index is 992. The Morgan fingerprint density at radius 2 is 2.24 bits per heavy atom. The van der Waals surface area contributed by atoms with Gasteiger partial charge in [-0.3, -0.25) is 4.79 Å². The number of carbonyl (C=O) groups is 1. The van der Waals surface area contributed by atoms with Crippen LogP contribution in [0.15, 0.2) is 28.5 Å². The number of esters is 1. The molecular weight excluding hydrogens is 288 g/mol. The molecule has 3 aromatic heterocycles. The van der Waals surface area contributed by atoms with Crippen LogP contribution in [-0.4, -0.2) is 17.5 Å². The maximum atomic E-state index is 12.5. The number of rotatable bonds is 1. The zero-order valence-corrected chi connectivity index (χ0v) is 12.2. The van der Waals surface area contributed by atoms with E-state index in [2.05, 4.69) is 10.8 Å². The Balaban J connectivity index is 2.56. The monoisotopic (exact) mass is 298 g/mol.